The molecule has 1 amide bonds. The molecule has 0 aliphatic carbocycles. The maximum Gasteiger partial charge on any atom is 0.277 e. The molecule has 1 N–H and O–H groups in total. The van der Waals surface area contributed by atoms with Gasteiger partial charge in [-0.05, 0) is 40.8 Å². The number of rotatable bonds is 6. The summed E-state index contributed by atoms with van der Waals surface area (Å²) in [7, 11) is 3.97. The minimum Gasteiger partial charge on any atom is -0.484 e. The van der Waals surface area contributed by atoms with Crippen LogP contribution in [0.2, 0.25) is 0 Å². The molecule has 2 aromatic rings. The van der Waals surface area contributed by atoms with E-state index in [1.165, 1.54) is 5.56 Å². The van der Waals surface area contributed by atoms with Gasteiger partial charge in [-0.2, -0.15) is 5.10 Å². The van der Waals surface area contributed by atoms with Gasteiger partial charge >= 0.3 is 0 Å². The minimum absolute atomic E-state index is 0.0776. The molecule has 0 aromatic heterocycles. The second-order valence-electron chi connectivity index (χ2n) is 7.34. The van der Waals surface area contributed by atoms with Crippen LogP contribution >= 0.6 is 0 Å². The first-order valence-corrected chi connectivity index (χ1v) is 8.58. The topological polar surface area (TPSA) is 53.9 Å². The van der Waals surface area contributed by atoms with Gasteiger partial charge in [-0.15, -0.1) is 0 Å². The highest BCUT2D eigenvalue weighted by Gasteiger charge is 2.13. The van der Waals surface area contributed by atoms with Crippen LogP contribution in [-0.4, -0.2) is 32.8 Å². The number of anilines is 1. The molecule has 5 nitrogen and oxygen atoms in total. The highest BCUT2D eigenvalue weighted by Crippen LogP contribution is 2.24. The van der Waals surface area contributed by atoms with Gasteiger partial charge < -0.3 is 9.64 Å². The number of amides is 1. The number of ether oxygens (including phenoxy) is 1. The fraction of sp³-hybridized carbons (Fsp3) is 0.333. The number of carbonyl (C=O) groups is 1. The molecule has 0 aliphatic heterocycles. The van der Waals surface area contributed by atoms with Crippen molar-refractivity contribution in [2.45, 2.75) is 26.2 Å². The van der Waals surface area contributed by atoms with Gasteiger partial charge in [-0.25, -0.2) is 5.43 Å². The van der Waals surface area contributed by atoms with Gasteiger partial charge in [-0.3, -0.25) is 4.79 Å². The van der Waals surface area contributed by atoms with Crippen LogP contribution in [-0.2, 0) is 10.2 Å². The van der Waals surface area contributed by atoms with E-state index in [9.17, 15) is 4.79 Å². The number of hydrazone groups is 1. The summed E-state index contributed by atoms with van der Waals surface area (Å²) in [6.07, 6.45) is 1.61. The maximum absolute atomic E-state index is 11.8. The Morgan fingerprint density at radius 3 is 2.23 bits per heavy atom. The largest absolute Gasteiger partial charge is 0.484 e. The number of hydrogen-bond donors (Lipinski definition) is 1. The van der Waals surface area contributed by atoms with Crippen LogP contribution in [0.4, 0.5) is 5.69 Å². The third-order valence-electron chi connectivity index (χ3n) is 3.90. The predicted octanol–water partition coefficient (Wildman–Crippen LogP) is 3.58. The van der Waals surface area contributed by atoms with Crippen LogP contribution in [0.15, 0.2) is 53.6 Å². The van der Waals surface area contributed by atoms with Gasteiger partial charge in [0, 0.05) is 19.8 Å². The van der Waals surface area contributed by atoms with Gasteiger partial charge in [0.15, 0.2) is 6.61 Å². The third kappa shape index (κ3) is 5.92. The molecular weight excluding hydrogens is 326 g/mol. The Balaban J connectivity index is 1.79. The van der Waals surface area contributed by atoms with Crippen molar-refractivity contribution >= 4 is 17.8 Å². The van der Waals surface area contributed by atoms with Crippen LogP contribution in [0.25, 0.3) is 0 Å². The molecule has 0 atom stereocenters. The third-order valence-corrected chi connectivity index (χ3v) is 3.90. The zero-order valence-corrected chi connectivity index (χ0v) is 16.1. The number of hydrogen-bond acceptors (Lipinski definition) is 4. The van der Waals surface area contributed by atoms with E-state index in [2.05, 4.69) is 31.3 Å². The predicted molar refractivity (Wildman–Crippen MR) is 107 cm³/mol. The Kier molecular flexibility index (Phi) is 6.39. The van der Waals surface area contributed by atoms with Crippen LogP contribution < -0.4 is 15.1 Å². The van der Waals surface area contributed by atoms with Crippen molar-refractivity contribution in [1.82, 2.24) is 5.43 Å². The first-order valence-electron chi connectivity index (χ1n) is 8.58. The van der Waals surface area contributed by atoms with Gasteiger partial charge in [0.1, 0.15) is 5.75 Å². The fourth-order valence-electron chi connectivity index (χ4n) is 2.27. The summed E-state index contributed by atoms with van der Waals surface area (Å²) in [6, 6.07) is 15.7. The molecule has 5 heteroatoms. The Morgan fingerprint density at radius 2 is 1.69 bits per heavy atom. The first-order chi connectivity index (χ1) is 12.3. The molecule has 0 spiro atoms. The first kappa shape index (κ1) is 19.5. The van der Waals surface area contributed by atoms with Crippen molar-refractivity contribution in [1.29, 1.82) is 0 Å². The molecule has 2 rings (SSSR count). The average molecular weight is 353 g/mol. The van der Waals surface area contributed by atoms with Crippen molar-refractivity contribution in [3.8, 4) is 5.75 Å². The summed E-state index contributed by atoms with van der Waals surface area (Å²) in [4.78, 5) is 13.8. The zero-order valence-electron chi connectivity index (χ0n) is 16.1. The molecule has 0 aliphatic rings. The quantitative estimate of drug-likeness (QED) is 0.638. The Bertz CT molecular complexity index is 742. The molecule has 138 valence electrons. The molecule has 0 fully saturated rings. The van der Waals surface area contributed by atoms with Crippen molar-refractivity contribution in [2.24, 2.45) is 5.10 Å². The monoisotopic (exact) mass is 353 g/mol. The second kappa shape index (κ2) is 8.52. The highest BCUT2D eigenvalue weighted by molar-refractivity contribution is 5.83. The van der Waals surface area contributed by atoms with E-state index in [0.717, 1.165) is 11.3 Å². The smallest absolute Gasteiger partial charge is 0.277 e. The SMILES string of the molecule is CN(C)c1ccc(C=NNC(=O)COc2ccc(C(C)(C)C)cc2)cc1. The summed E-state index contributed by atoms with van der Waals surface area (Å²) in [6.45, 7) is 6.39. The summed E-state index contributed by atoms with van der Waals surface area (Å²) < 4.78 is 5.49. The molecule has 0 unspecified atom stereocenters. The van der Waals surface area contributed by atoms with Crippen molar-refractivity contribution in [3.63, 3.8) is 0 Å². The van der Waals surface area contributed by atoms with Gasteiger partial charge in [0.2, 0.25) is 0 Å². The van der Waals surface area contributed by atoms with E-state index in [-0.39, 0.29) is 17.9 Å². The highest BCUT2D eigenvalue weighted by atomic mass is 16.5. The number of nitrogens with zero attached hydrogens (tertiary/aromatic N) is 2. The summed E-state index contributed by atoms with van der Waals surface area (Å²) >= 11 is 0. The van der Waals surface area contributed by atoms with Gasteiger partial charge in [-0.1, -0.05) is 45.0 Å². The molecular formula is C21H27N3O2. The van der Waals surface area contributed by atoms with Crippen molar-refractivity contribution in [3.05, 3.63) is 59.7 Å². The van der Waals surface area contributed by atoms with Crippen LogP contribution in [0, 0.1) is 0 Å². The lowest BCUT2D eigenvalue weighted by atomic mass is 9.87. The molecule has 0 saturated heterocycles. The molecule has 2 aromatic carbocycles. The van der Waals surface area contributed by atoms with E-state index < -0.39 is 0 Å². The molecule has 0 radical (unpaired) electrons. The molecule has 0 bridgehead atoms. The maximum atomic E-state index is 11.8. The van der Waals surface area contributed by atoms with E-state index in [0.29, 0.717) is 5.75 Å². The van der Waals surface area contributed by atoms with Gasteiger partial charge in [0.25, 0.3) is 5.91 Å². The standard InChI is InChI=1S/C21H27N3O2/c1-21(2,3)17-8-12-19(13-9-17)26-15-20(25)23-22-14-16-6-10-18(11-7-16)24(4)5/h6-14H,15H2,1-5H3,(H,23,25). The lowest BCUT2D eigenvalue weighted by Gasteiger charge is -2.19. The Morgan fingerprint density at radius 1 is 1.08 bits per heavy atom. The lowest BCUT2D eigenvalue weighted by molar-refractivity contribution is -0.123. The molecule has 26 heavy (non-hydrogen) atoms. The van der Waals surface area contributed by atoms with Crippen molar-refractivity contribution in [2.75, 3.05) is 25.6 Å². The Labute approximate surface area is 155 Å². The van der Waals surface area contributed by atoms with Crippen LogP contribution in [0.5, 0.6) is 5.75 Å². The fourth-order valence-corrected chi connectivity index (χ4v) is 2.27. The summed E-state index contributed by atoms with van der Waals surface area (Å²) in [5.41, 5.74) is 5.80. The van der Waals surface area contributed by atoms with E-state index in [1.54, 1.807) is 6.21 Å². The normalized spacial score (nSPS) is 11.4. The van der Waals surface area contributed by atoms with E-state index in [4.69, 9.17) is 4.74 Å². The second-order valence-corrected chi connectivity index (χ2v) is 7.34. The minimum atomic E-state index is -0.300. The van der Waals surface area contributed by atoms with Crippen LogP contribution in [0.1, 0.15) is 31.9 Å². The zero-order chi connectivity index (χ0) is 19.2. The lowest BCUT2D eigenvalue weighted by Crippen LogP contribution is -2.24. The average Bonchev–Trinajstić information content (AvgIpc) is 2.60. The van der Waals surface area contributed by atoms with Crippen molar-refractivity contribution < 1.29 is 9.53 Å². The summed E-state index contributed by atoms with van der Waals surface area (Å²) in [5.74, 6) is 0.363. The number of benzene rings is 2. The number of carbonyl (C=O) groups excluding carboxylic acids is 1. The van der Waals surface area contributed by atoms with E-state index >= 15 is 0 Å². The number of nitrogens with one attached hydrogen (secondary N) is 1. The molecule has 0 heterocycles. The summed E-state index contributed by atoms with van der Waals surface area (Å²) in [5, 5.41) is 3.96. The Hall–Kier alpha value is -2.82. The molecule has 0 saturated carbocycles. The van der Waals surface area contributed by atoms with Gasteiger partial charge in [0.05, 0.1) is 6.21 Å². The van der Waals surface area contributed by atoms with E-state index in [1.807, 2.05) is 67.5 Å². The van der Waals surface area contributed by atoms with Crippen LogP contribution in [0.3, 0.4) is 0 Å².